The highest BCUT2D eigenvalue weighted by Gasteiger charge is 2.29. The molecule has 2 aromatic rings. The molecule has 0 saturated carbocycles. The molecule has 106 valence electrons. The van der Waals surface area contributed by atoms with Crippen LogP contribution in [-0.2, 0) is 11.3 Å². The molecule has 0 spiro atoms. The van der Waals surface area contributed by atoms with Crippen molar-refractivity contribution in [3.8, 4) is 0 Å². The van der Waals surface area contributed by atoms with Gasteiger partial charge in [0.15, 0.2) is 0 Å². The molecule has 0 radical (unpaired) electrons. The molecule has 0 bridgehead atoms. The second kappa shape index (κ2) is 5.70. The molecule has 1 aromatic carbocycles. The Morgan fingerprint density at radius 3 is 2.95 bits per heavy atom. The number of aromatic nitrogens is 1. The molecule has 21 heavy (non-hydrogen) atoms. The summed E-state index contributed by atoms with van der Waals surface area (Å²) < 4.78 is 0. The van der Waals surface area contributed by atoms with Gasteiger partial charge in [-0.25, -0.2) is 0 Å². The van der Waals surface area contributed by atoms with Crippen LogP contribution in [0.4, 0.5) is 0 Å². The van der Waals surface area contributed by atoms with Crippen molar-refractivity contribution in [3.05, 3.63) is 77.1 Å². The average Bonchev–Trinajstić information content (AvgIpc) is 2.53. The molecule has 4 heteroatoms. The van der Waals surface area contributed by atoms with Crippen LogP contribution in [0.5, 0.6) is 0 Å². The smallest absolute Gasteiger partial charge is 0.246 e. The van der Waals surface area contributed by atoms with Crippen LogP contribution in [0.25, 0.3) is 0 Å². The monoisotopic (exact) mass is 298 g/mol. The minimum atomic E-state index is -0.0680. The zero-order valence-electron chi connectivity index (χ0n) is 11.5. The van der Waals surface area contributed by atoms with E-state index >= 15 is 0 Å². The molecule has 0 aliphatic carbocycles. The van der Waals surface area contributed by atoms with Gasteiger partial charge in [-0.2, -0.15) is 0 Å². The topological polar surface area (TPSA) is 33.2 Å². The van der Waals surface area contributed by atoms with Crippen molar-refractivity contribution in [2.75, 3.05) is 6.54 Å². The van der Waals surface area contributed by atoms with Crippen molar-refractivity contribution in [1.82, 2.24) is 9.88 Å². The lowest BCUT2D eigenvalue weighted by molar-refractivity contribution is -0.127. The van der Waals surface area contributed by atoms with Gasteiger partial charge in [0.1, 0.15) is 0 Å². The Balaban J connectivity index is 2.07. The first-order valence-corrected chi connectivity index (χ1v) is 7.17. The second-order valence-electron chi connectivity index (χ2n) is 5.07. The van der Waals surface area contributed by atoms with E-state index in [4.69, 9.17) is 11.6 Å². The zero-order valence-corrected chi connectivity index (χ0v) is 12.3. The molecule has 1 aliphatic rings. The number of benzene rings is 1. The molecule has 1 aliphatic heterocycles. The number of fused-ring (bicyclic) bond motifs is 1. The van der Waals surface area contributed by atoms with Gasteiger partial charge in [-0.1, -0.05) is 30.3 Å². The highest BCUT2D eigenvalue weighted by atomic mass is 35.5. The summed E-state index contributed by atoms with van der Waals surface area (Å²) in [5.74, 6) is -0.00215. The summed E-state index contributed by atoms with van der Waals surface area (Å²) in [6.07, 6.45) is 3.13. The van der Waals surface area contributed by atoms with Gasteiger partial charge in [0.2, 0.25) is 5.91 Å². The van der Waals surface area contributed by atoms with E-state index in [9.17, 15) is 4.79 Å². The van der Waals surface area contributed by atoms with E-state index in [0.717, 1.165) is 11.3 Å². The van der Waals surface area contributed by atoms with Gasteiger partial charge >= 0.3 is 0 Å². The third-order valence-electron chi connectivity index (χ3n) is 3.78. The lowest BCUT2D eigenvalue weighted by Crippen LogP contribution is -2.37. The molecule has 1 aromatic heterocycles. The molecule has 3 nitrogen and oxygen atoms in total. The number of carbonyl (C=O) groups excluding carboxylic acids is 1. The molecule has 1 amide bonds. The standard InChI is InChI=1S/C17H15ClN2O/c1-2-17(21)20-10-12-9-13(18)6-7-14(12)15(11-20)16-5-3-4-8-19-16/h2-9,15H,1,10-11H2/t15-/m1/s1. The summed E-state index contributed by atoms with van der Waals surface area (Å²) >= 11 is 6.09. The number of carbonyl (C=O) groups is 1. The van der Waals surface area contributed by atoms with Crippen molar-refractivity contribution >= 4 is 17.5 Å². The van der Waals surface area contributed by atoms with Crippen LogP contribution in [0, 0.1) is 0 Å². The summed E-state index contributed by atoms with van der Waals surface area (Å²) in [5, 5.41) is 0.682. The van der Waals surface area contributed by atoms with Crippen LogP contribution in [0.15, 0.2) is 55.3 Å². The molecular weight excluding hydrogens is 284 g/mol. The third-order valence-corrected chi connectivity index (χ3v) is 4.01. The Labute approximate surface area is 128 Å². The summed E-state index contributed by atoms with van der Waals surface area (Å²) in [5.41, 5.74) is 3.22. The maximum atomic E-state index is 12.0. The minimum Gasteiger partial charge on any atom is -0.334 e. The number of amides is 1. The Hall–Kier alpha value is -2.13. The van der Waals surface area contributed by atoms with Crippen LogP contribution < -0.4 is 0 Å². The quantitative estimate of drug-likeness (QED) is 0.796. The summed E-state index contributed by atoms with van der Waals surface area (Å²) in [7, 11) is 0. The maximum Gasteiger partial charge on any atom is 0.246 e. The van der Waals surface area contributed by atoms with Crippen LogP contribution in [-0.4, -0.2) is 22.3 Å². The van der Waals surface area contributed by atoms with Gasteiger partial charge in [0.05, 0.1) is 0 Å². The first kappa shape index (κ1) is 13.8. The predicted octanol–water partition coefficient (Wildman–Crippen LogP) is 3.40. The third kappa shape index (κ3) is 2.69. The van der Waals surface area contributed by atoms with Gasteiger partial charge in [-0.15, -0.1) is 0 Å². The minimum absolute atomic E-state index is 0.0658. The van der Waals surface area contributed by atoms with Crippen LogP contribution in [0.1, 0.15) is 22.7 Å². The van der Waals surface area contributed by atoms with E-state index in [0.29, 0.717) is 18.1 Å². The summed E-state index contributed by atoms with van der Waals surface area (Å²) in [6.45, 7) is 4.74. The van der Waals surface area contributed by atoms with E-state index in [1.165, 1.54) is 11.6 Å². The lowest BCUT2D eigenvalue weighted by Gasteiger charge is -2.34. The van der Waals surface area contributed by atoms with Crippen molar-refractivity contribution in [2.45, 2.75) is 12.5 Å². The Bertz CT molecular complexity index is 684. The van der Waals surface area contributed by atoms with Gasteiger partial charge in [-0.3, -0.25) is 9.78 Å². The number of rotatable bonds is 2. The Kier molecular flexibility index (Phi) is 3.76. The van der Waals surface area contributed by atoms with Crippen molar-refractivity contribution in [3.63, 3.8) is 0 Å². The van der Waals surface area contributed by atoms with Crippen LogP contribution in [0.2, 0.25) is 5.02 Å². The van der Waals surface area contributed by atoms with Crippen LogP contribution >= 0.6 is 11.6 Å². The number of hydrogen-bond donors (Lipinski definition) is 0. The second-order valence-corrected chi connectivity index (χ2v) is 5.51. The van der Waals surface area contributed by atoms with E-state index in [-0.39, 0.29) is 11.8 Å². The number of halogens is 1. The molecule has 1 atom stereocenters. The van der Waals surface area contributed by atoms with Crippen molar-refractivity contribution in [1.29, 1.82) is 0 Å². The van der Waals surface area contributed by atoms with Crippen LogP contribution in [0.3, 0.4) is 0 Å². The highest BCUT2D eigenvalue weighted by molar-refractivity contribution is 6.30. The van der Waals surface area contributed by atoms with E-state index in [1.807, 2.05) is 36.4 Å². The number of nitrogens with zero attached hydrogens (tertiary/aromatic N) is 2. The predicted molar refractivity (Wildman–Crippen MR) is 83.1 cm³/mol. The van der Waals surface area contributed by atoms with Gasteiger partial charge in [0, 0.05) is 35.9 Å². The van der Waals surface area contributed by atoms with Crippen molar-refractivity contribution in [2.24, 2.45) is 0 Å². The van der Waals surface area contributed by atoms with Gasteiger partial charge in [0.25, 0.3) is 0 Å². The largest absolute Gasteiger partial charge is 0.334 e. The molecule has 3 rings (SSSR count). The fourth-order valence-electron chi connectivity index (χ4n) is 2.77. The molecule has 0 unspecified atom stereocenters. The van der Waals surface area contributed by atoms with E-state index < -0.39 is 0 Å². The Morgan fingerprint density at radius 1 is 1.38 bits per heavy atom. The normalized spacial score (nSPS) is 17.2. The molecule has 0 saturated heterocycles. The fourth-order valence-corrected chi connectivity index (χ4v) is 2.97. The first-order valence-electron chi connectivity index (χ1n) is 6.79. The van der Waals surface area contributed by atoms with Crippen molar-refractivity contribution < 1.29 is 4.79 Å². The van der Waals surface area contributed by atoms with Gasteiger partial charge in [-0.05, 0) is 41.5 Å². The first-order chi connectivity index (χ1) is 10.2. The van der Waals surface area contributed by atoms with Gasteiger partial charge < -0.3 is 4.90 Å². The SMILES string of the molecule is C=CC(=O)N1Cc2cc(Cl)ccc2[C@H](c2ccccn2)C1. The molecule has 0 fully saturated rings. The molecule has 0 N–H and O–H groups in total. The maximum absolute atomic E-state index is 12.0. The van der Waals surface area contributed by atoms with E-state index in [1.54, 1.807) is 11.1 Å². The lowest BCUT2D eigenvalue weighted by atomic mass is 9.87. The number of pyridine rings is 1. The average molecular weight is 299 g/mol. The van der Waals surface area contributed by atoms with E-state index in [2.05, 4.69) is 11.6 Å². The molecule has 2 heterocycles. The Morgan fingerprint density at radius 2 is 2.24 bits per heavy atom. The highest BCUT2D eigenvalue weighted by Crippen LogP contribution is 2.34. The number of hydrogen-bond acceptors (Lipinski definition) is 2. The summed E-state index contributed by atoms with van der Waals surface area (Å²) in [6, 6.07) is 11.7. The fraction of sp³-hybridized carbons (Fsp3) is 0.176. The summed E-state index contributed by atoms with van der Waals surface area (Å²) in [4.78, 5) is 18.2. The zero-order chi connectivity index (χ0) is 14.8. The molecular formula is C17H15ClN2O.